The van der Waals surface area contributed by atoms with Crippen molar-refractivity contribution >= 4 is 17.7 Å². The summed E-state index contributed by atoms with van der Waals surface area (Å²) >= 11 is 0. The van der Waals surface area contributed by atoms with Gasteiger partial charge in [-0.1, -0.05) is 48.0 Å². The van der Waals surface area contributed by atoms with Gasteiger partial charge >= 0.3 is 0 Å². The number of hydrogen-bond donors (Lipinski definition) is 2. The minimum absolute atomic E-state index is 0.0143. The average molecular weight is 471 g/mol. The highest BCUT2D eigenvalue weighted by Crippen LogP contribution is 2.15. The lowest BCUT2D eigenvalue weighted by Gasteiger charge is -2.33. The third-order valence-corrected chi connectivity index (χ3v) is 6.26. The molecule has 2 N–H and O–H groups in total. The van der Waals surface area contributed by atoms with Gasteiger partial charge in [0.05, 0.1) is 5.56 Å². The summed E-state index contributed by atoms with van der Waals surface area (Å²) in [6.45, 7) is 3.14. The second kappa shape index (κ2) is 11.4. The van der Waals surface area contributed by atoms with E-state index in [0.29, 0.717) is 43.5 Å². The predicted octanol–water partition coefficient (Wildman–Crippen LogP) is 3.15. The molecule has 1 atom stereocenters. The summed E-state index contributed by atoms with van der Waals surface area (Å²) in [6.07, 6.45) is 4.79. The van der Waals surface area contributed by atoms with Crippen LogP contribution in [-0.4, -0.2) is 52.8 Å². The van der Waals surface area contributed by atoms with E-state index in [1.807, 2.05) is 66.4 Å². The Labute approximate surface area is 205 Å². The lowest BCUT2D eigenvalue weighted by molar-refractivity contribution is -0.123. The number of aryl methyl sites for hydroxylation is 1. The molecular formula is C28H30N4O3. The van der Waals surface area contributed by atoms with Crippen molar-refractivity contribution in [3.8, 4) is 0 Å². The number of piperidine rings is 1. The number of aromatic nitrogens is 1. The maximum absolute atomic E-state index is 13.2. The lowest BCUT2D eigenvalue weighted by Crippen LogP contribution is -2.53. The van der Waals surface area contributed by atoms with Crippen molar-refractivity contribution in [1.82, 2.24) is 20.5 Å². The maximum atomic E-state index is 13.2. The molecule has 180 valence electrons. The van der Waals surface area contributed by atoms with Crippen molar-refractivity contribution in [2.75, 3.05) is 13.1 Å². The summed E-state index contributed by atoms with van der Waals surface area (Å²) < 4.78 is 0. The number of carbonyl (C=O) groups is 3. The van der Waals surface area contributed by atoms with Crippen LogP contribution in [0.2, 0.25) is 0 Å². The van der Waals surface area contributed by atoms with Gasteiger partial charge < -0.3 is 15.5 Å². The molecule has 0 radical (unpaired) electrons. The molecule has 3 amide bonds. The average Bonchev–Trinajstić information content (AvgIpc) is 2.90. The van der Waals surface area contributed by atoms with E-state index >= 15 is 0 Å². The first-order valence-electron chi connectivity index (χ1n) is 11.9. The maximum Gasteiger partial charge on any atom is 0.253 e. The fourth-order valence-corrected chi connectivity index (χ4v) is 4.21. The van der Waals surface area contributed by atoms with Crippen LogP contribution < -0.4 is 10.6 Å². The Balaban J connectivity index is 1.37. The number of rotatable bonds is 7. The van der Waals surface area contributed by atoms with Crippen LogP contribution >= 0.6 is 0 Å². The molecule has 7 heteroatoms. The highest BCUT2D eigenvalue weighted by Gasteiger charge is 2.28. The van der Waals surface area contributed by atoms with Crippen LogP contribution in [0.5, 0.6) is 0 Å². The molecule has 7 nitrogen and oxygen atoms in total. The Kier molecular flexibility index (Phi) is 7.88. The lowest BCUT2D eigenvalue weighted by atomic mass is 10.0. The topological polar surface area (TPSA) is 91.4 Å². The molecule has 0 bridgehead atoms. The molecule has 3 aromatic rings. The highest BCUT2D eigenvalue weighted by atomic mass is 16.2. The minimum Gasteiger partial charge on any atom is -0.351 e. The third kappa shape index (κ3) is 6.53. The van der Waals surface area contributed by atoms with E-state index in [2.05, 4.69) is 15.6 Å². The van der Waals surface area contributed by atoms with Crippen LogP contribution in [0.1, 0.15) is 44.7 Å². The summed E-state index contributed by atoms with van der Waals surface area (Å²) in [7, 11) is 0. The van der Waals surface area contributed by atoms with Crippen LogP contribution in [0, 0.1) is 6.92 Å². The summed E-state index contributed by atoms with van der Waals surface area (Å²) in [5, 5.41) is 5.96. The van der Waals surface area contributed by atoms with Crippen LogP contribution in [0.25, 0.3) is 0 Å². The first-order chi connectivity index (χ1) is 17.0. The Hall–Kier alpha value is -4.00. The molecule has 1 fully saturated rings. The summed E-state index contributed by atoms with van der Waals surface area (Å²) in [5.74, 6) is -0.553. The van der Waals surface area contributed by atoms with Crippen molar-refractivity contribution in [2.24, 2.45) is 0 Å². The van der Waals surface area contributed by atoms with Crippen LogP contribution in [0.4, 0.5) is 0 Å². The van der Waals surface area contributed by atoms with Gasteiger partial charge in [-0.15, -0.1) is 0 Å². The first kappa shape index (κ1) is 24.1. The smallest absolute Gasteiger partial charge is 0.253 e. The SMILES string of the molecule is Cc1ccc(C(=O)N2CCC(NC(=O)C(Cc3ccccc3)NC(=O)c3cccnc3)CC2)cc1. The normalized spacial score (nSPS) is 14.7. The molecule has 4 rings (SSSR count). The molecule has 1 aliphatic heterocycles. The Morgan fingerprint density at radius 2 is 1.66 bits per heavy atom. The molecule has 0 spiro atoms. The van der Waals surface area contributed by atoms with Gasteiger partial charge in [0, 0.05) is 43.5 Å². The number of hydrogen-bond acceptors (Lipinski definition) is 4. The molecule has 1 saturated heterocycles. The van der Waals surface area contributed by atoms with Gasteiger partial charge in [-0.05, 0) is 49.6 Å². The summed E-state index contributed by atoms with van der Waals surface area (Å²) in [6, 6.07) is 19.8. The number of likely N-dealkylation sites (tertiary alicyclic amines) is 1. The van der Waals surface area contributed by atoms with Crippen molar-refractivity contribution in [1.29, 1.82) is 0 Å². The second-order valence-electron chi connectivity index (χ2n) is 8.90. The number of carbonyl (C=O) groups excluding carboxylic acids is 3. The van der Waals surface area contributed by atoms with Crippen LogP contribution in [-0.2, 0) is 11.2 Å². The zero-order valence-corrected chi connectivity index (χ0v) is 19.8. The third-order valence-electron chi connectivity index (χ3n) is 6.26. The molecule has 2 heterocycles. The number of nitrogens with zero attached hydrogens (tertiary/aromatic N) is 2. The second-order valence-corrected chi connectivity index (χ2v) is 8.90. The van der Waals surface area contributed by atoms with Crippen molar-refractivity contribution in [3.05, 3.63) is 101 Å². The Morgan fingerprint density at radius 1 is 0.943 bits per heavy atom. The monoisotopic (exact) mass is 470 g/mol. The van der Waals surface area contributed by atoms with E-state index < -0.39 is 6.04 Å². The van der Waals surface area contributed by atoms with Gasteiger partial charge in [0.2, 0.25) is 5.91 Å². The molecule has 35 heavy (non-hydrogen) atoms. The van der Waals surface area contributed by atoms with Crippen molar-refractivity contribution in [3.63, 3.8) is 0 Å². The van der Waals surface area contributed by atoms with Gasteiger partial charge in [0.15, 0.2) is 0 Å². The van der Waals surface area contributed by atoms with Gasteiger partial charge in [-0.25, -0.2) is 0 Å². The number of nitrogens with one attached hydrogen (secondary N) is 2. The van der Waals surface area contributed by atoms with E-state index in [4.69, 9.17) is 0 Å². The molecule has 2 aromatic carbocycles. The van der Waals surface area contributed by atoms with Crippen molar-refractivity contribution in [2.45, 2.75) is 38.3 Å². The van der Waals surface area contributed by atoms with Crippen LogP contribution in [0.15, 0.2) is 79.1 Å². The summed E-state index contributed by atoms with van der Waals surface area (Å²) in [4.78, 5) is 44.6. The van der Waals surface area contributed by atoms with Gasteiger partial charge in [0.1, 0.15) is 6.04 Å². The quantitative estimate of drug-likeness (QED) is 0.555. The van der Waals surface area contributed by atoms with Gasteiger partial charge in [0.25, 0.3) is 11.8 Å². The molecule has 0 aliphatic carbocycles. The van der Waals surface area contributed by atoms with Gasteiger partial charge in [-0.3, -0.25) is 19.4 Å². The van der Waals surface area contributed by atoms with Crippen molar-refractivity contribution < 1.29 is 14.4 Å². The van der Waals surface area contributed by atoms with E-state index in [0.717, 1.165) is 11.1 Å². The Bertz CT molecular complexity index is 1140. The van der Waals surface area contributed by atoms with Gasteiger partial charge in [-0.2, -0.15) is 0 Å². The molecule has 1 aromatic heterocycles. The standard InChI is InChI=1S/C28H30N4O3/c1-20-9-11-22(12-10-20)28(35)32-16-13-24(14-17-32)30-27(34)25(18-21-6-3-2-4-7-21)31-26(33)23-8-5-15-29-19-23/h2-12,15,19,24-25H,13-14,16-18H2,1H3,(H,30,34)(H,31,33). The number of pyridine rings is 1. The highest BCUT2D eigenvalue weighted by molar-refractivity contribution is 5.97. The zero-order chi connectivity index (χ0) is 24.6. The van der Waals surface area contributed by atoms with E-state index in [9.17, 15) is 14.4 Å². The molecule has 1 unspecified atom stereocenters. The molecule has 0 saturated carbocycles. The fourth-order valence-electron chi connectivity index (χ4n) is 4.21. The molecule has 1 aliphatic rings. The van der Waals surface area contributed by atoms with E-state index in [1.54, 1.807) is 18.3 Å². The first-order valence-corrected chi connectivity index (χ1v) is 11.9. The van der Waals surface area contributed by atoms with Crippen LogP contribution in [0.3, 0.4) is 0 Å². The number of amides is 3. The van der Waals surface area contributed by atoms with E-state index in [1.165, 1.54) is 6.20 Å². The largest absolute Gasteiger partial charge is 0.351 e. The van der Waals surface area contributed by atoms with E-state index in [-0.39, 0.29) is 23.8 Å². The summed E-state index contributed by atoms with van der Waals surface area (Å²) in [5.41, 5.74) is 3.15. The molecular weight excluding hydrogens is 440 g/mol. The zero-order valence-electron chi connectivity index (χ0n) is 19.8. The fraction of sp³-hybridized carbons (Fsp3) is 0.286. The number of benzene rings is 2. The Morgan fingerprint density at radius 3 is 2.31 bits per heavy atom. The minimum atomic E-state index is -0.725. The predicted molar refractivity (Wildman–Crippen MR) is 134 cm³/mol.